The van der Waals surface area contributed by atoms with Crippen LogP contribution in [0.15, 0.2) is 12.1 Å². The molecule has 0 aliphatic rings. The Morgan fingerprint density at radius 1 is 0.760 bits per heavy atom. The molecule has 146 valence electrons. The third kappa shape index (κ3) is 6.83. The van der Waals surface area contributed by atoms with Crippen molar-refractivity contribution in [3.63, 3.8) is 0 Å². The first kappa shape index (κ1) is 22.9. The van der Waals surface area contributed by atoms with Crippen molar-refractivity contribution in [2.45, 2.75) is 34.6 Å². The van der Waals surface area contributed by atoms with Crippen LogP contribution in [0.2, 0.25) is 0 Å². The molecule has 0 amide bonds. The Morgan fingerprint density at radius 2 is 1.20 bits per heavy atom. The molecule has 0 saturated carbocycles. The molecule has 0 N–H and O–H groups in total. The predicted octanol–water partition coefficient (Wildman–Crippen LogP) is 5.76. The maximum absolute atomic E-state index is 6.53. The van der Waals surface area contributed by atoms with Crippen molar-refractivity contribution in [1.82, 2.24) is 0 Å². The van der Waals surface area contributed by atoms with E-state index >= 15 is 0 Å². The number of aryl methyl sites for hydroxylation is 1. The molecule has 0 fully saturated rings. The summed E-state index contributed by atoms with van der Waals surface area (Å²) in [4.78, 5) is 0. The molecule has 1 rings (SSSR count). The van der Waals surface area contributed by atoms with Gasteiger partial charge >= 0.3 is 156 Å². The molecule has 1 aromatic carbocycles. The Kier molecular flexibility index (Phi) is 6.52. The minimum atomic E-state index is -2.29. The zero-order valence-electron chi connectivity index (χ0n) is 18.3. The van der Waals surface area contributed by atoms with Crippen LogP contribution in [0.4, 0.5) is 0 Å². The monoisotopic (exact) mass is 388 g/mol. The fraction of sp³-hybridized carbons (Fsp3) is 0.684. The van der Waals surface area contributed by atoms with Gasteiger partial charge < -0.3 is 0 Å². The molecule has 0 radical (unpaired) electrons. The standard InChI is InChI=1S/C19H39BO3P2/c1-12-24(6,7,8)22-20(23-25(9,10,11)13-2)21-19-15-14-16(3)17(4)18(19)5/h14-15H,12-13H2,1-11H3. The van der Waals surface area contributed by atoms with Crippen LogP contribution in [-0.2, 0) is 8.88 Å². The van der Waals surface area contributed by atoms with Crippen LogP contribution in [0.3, 0.4) is 0 Å². The van der Waals surface area contributed by atoms with Gasteiger partial charge in [-0.15, -0.1) is 0 Å². The molecule has 3 nitrogen and oxygen atoms in total. The summed E-state index contributed by atoms with van der Waals surface area (Å²) in [6.07, 6.45) is 1.97. The average Bonchev–Trinajstić information content (AvgIpc) is 2.46. The number of hydrogen-bond donors (Lipinski definition) is 0. The summed E-state index contributed by atoms with van der Waals surface area (Å²) < 4.78 is 19.4. The van der Waals surface area contributed by atoms with Crippen molar-refractivity contribution in [2.24, 2.45) is 0 Å². The van der Waals surface area contributed by atoms with Gasteiger partial charge in [0.25, 0.3) is 0 Å². The van der Waals surface area contributed by atoms with Crippen LogP contribution in [0.25, 0.3) is 0 Å². The molecule has 0 unspecified atom stereocenters. The quantitative estimate of drug-likeness (QED) is 0.418. The summed E-state index contributed by atoms with van der Waals surface area (Å²) in [5.74, 6) is 0.847. The number of rotatable bonds is 8. The van der Waals surface area contributed by atoms with E-state index in [4.69, 9.17) is 13.5 Å². The van der Waals surface area contributed by atoms with Crippen molar-refractivity contribution in [2.75, 3.05) is 52.3 Å². The van der Waals surface area contributed by atoms with Crippen LogP contribution >= 0.6 is 13.7 Å². The Morgan fingerprint density at radius 3 is 1.60 bits per heavy atom. The first-order valence-electron chi connectivity index (χ1n) is 9.17. The second-order valence-electron chi connectivity index (χ2n) is 9.81. The van der Waals surface area contributed by atoms with E-state index in [1.54, 1.807) is 0 Å². The zero-order chi connectivity index (χ0) is 19.7. The van der Waals surface area contributed by atoms with Gasteiger partial charge in [-0.3, -0.25) is 0 Å². The molecule has 0 aliphatic heterocycles. The fourth-order valence-electron chi connectivity index (χ4n) is 2.01. The summed E-state index contributed by atoms with van der Waals surface area (Å²) >= 11 is 0. The van der Waals surface area contributed by atoms with Gasteiger partial charge in [-0.2, -0.15) is 0 Å². The molecular formula is C19H39BO3P2. The number of benzene rings is 1. The van der Waals surface area contributed by atoms with Crippen LogP contribution in [0.1, 0.15) is 30.5 Å². The van der Waals surface area contributed by atoms with Gasteiger partial charge in [-0.25, -0.2) is 0 Å². The van der Waals surface area contributed by atoms with Crippen LogP contribution in [0.5, 0.6) is 5.75 Å². The Labute approximate surface area is 156 Å². The van der Waals surface area contributed by atoms with E-state index in [2.05, 4.69) is 80.7 Å². The first-order chi connectivity index (χ1) is 11.0. The van der Waals surface area contributed by atoms with E-state index < -0.39 is 21.0 Å². The van der Waals surface area contributed by atoms with E-state index in [9.17, 15) is 0 Å². The summed E-state index contributed by atoms with van der Waals surface area (Å²) in [5.41, 5.74) is 3.68. The van der Waals surface area contributed by atoms with Gasteiger partial charge in [0.2, 0.25) is 0 Å². The second kappa shape index (κ2) is 7.12. The maximum atomic E-state index is 6.53. The van der Waals surface area contributed by atoms with Crippen molar-refractivity contribution < 1.29 is 13.5 Å². The molecule has 0 atom stereocenters. The van der Waals surface area contributed by atoms with Gasteiger partial charge in [0, 0.05) is 0 Å². The molecule has 1 aromatic rings. The number of hydrogen-bond acceptors (Lipinski definition) is 3. The van der Waals surface area contributed by atoms with Crippen LogP contribution in [-0.4, -0.2) is 59.6 Å². The molecule has 0 saturated heterocycles. The average molecular weight is 388 g/mol. The normalized spacial score (nSPS) is 15.8. The van der Waals surface area contributed by atoms with Crippen molar-refractivity contribution in [3.05, 3.63) is 28.8 Å². The molecule has 0 spiro atoms. The summed E-state index contributed by atoms with van der Waals surface area (Å²) in [6, 6.07) is 4.13. The Hall–Kier alpha value is -0.135. The van der Waals surface area contributed by atoms with Crippen molar-refractivity contribution in [3.8, 4) is 5.75 Å². The van der Waals surface area contributed by atoms with Gasteiger partial charge in [0.05, 0.1) is 0 Å². The molecule has 0 heterocycles. The van der Waals surface area contributed by atoms with Crippen molar-refractivity contribution >= 4 is 21.0 Å². The Bertz CT molecular complexity index is 601. The van der Waals surface area contributed by atoms with E-state index in [0.29, 0.717) is 0 Å². The molecule has 6 heteroatoms. The summed E-state index contributed by atoms with van der Waals surface area (Å²) in [5, 5.41) is 0. The van der Waals surface area contributed by atoms with E-state index in [-0.39, 0.29) is 0 Å². The topological polar surface area (TPSA) is 27.7 Å². The molecule has 25 heavy (non-hydrogen) atoms. The van der Waals surface area contributed by atoms with Gasteiger partial charge in [0.1, 0.15) is 0 Å². The van der Waals surface area contributed by atoms with Crippen LogP contribution in [0, 0.1) is 20.8 Å². The zero-order valence-corrected chi connectivity index (χ0v) is 20.1. The van der Waals surface area contributed by atoms with Gasteiger partial charge in [-0.05, 0) is 0 Å². The predicted molar refractivity (Wildman–Crippen MR) is 120 cm³/mol. The first-order valence-corrected chi connectivity index (χ1v) is 16.5. The second-order valence-corrected chi connectivity index (χ2v) is 23.4. The van der Waals surface area contributed by atoms with Gasteiger partial charge in [0.15, 0.2) is 0 Å². The van der Waals surface area contributed by atoms with Crippen molar-refractivity contribution in [1.29, 1.82) is 0 Å². The molecule has 0 aliphatic carbocycles. The summed E-state index contributed by atoms with van der Waals surface area (Å²) in [7, 11) is -0.670. The minimum absolute atomic E-state index is 0.670. The fourth-order valence-corrected chi connectivity index (χ4v) is 3.83. The van der Waals surface area contributed by atoms with E-state index in [1.807, 2.05) is 6.07 Å². The SMILES string of the molecule is CCP(C)(C)(C)OB(Oc1ccc(C)c(C)c1C)OP(C)(C)(C)CC. The van der Waals surface area contributed by atoms with E-state index in [1.165, 1.54) is 11.1 Å². The molecular weight excluding hydrogens is 349 g/mol. The molecule has 0 aromatic heterocycles. The van der Waals surface area contributed by atoms with Gasteiger partial charge in [-0.1, -0.05) is 0 Å². The third-order valence-electron chi connectivity index (χ3n) is 5.34. The summed E-state index contributed by atoms with van der Waals surface area (Å²) in [6.45, 7) is 19.5. The van der Waals surface area contributed by atoms with Crippen LogP contribution < -0.4 is 4.65 Å². The van der Waals surface area contributed by atoms with E-state index in [0.717, 1.165) is 23.6 Å². The molecule has 0 bridgehead atoms. The third-order valence-corrected chi connectivity index (χ3v) is 11.6. The Balaban J connectivity index is 3.22.